The van der Waals surface area contributed by atoms with E-state index in [1.807, 2.05) is 7.05 Å². The lowest BCUT2D eigenvalue weighted by atomic mass is 10.2. The molecule has 1 fully saturated rings. The maximum Gasteiger partial charge on any atom is 0.140 e. The number of hydrogen-bond donors (Lipinski definition) is 1. The molecule has 1 saturated carbocycles. The Morgan fingerprint density at radius 2 is 2.10 bits per heavy atom. The van der Waals surface area contributed by atoms with Gasteiger partial charge in [-0.1, -0.05) is 0 Å². The van der Waals surface area contributed by atoms with Gasteiger partial charge in [0.25, 0.3) is 0 Å². The summed E-state index contributed by atoms with van der Waals surface area (Å²) >= 11 is 1.70. The third-order valence-corrected chi connectivity index (χ3v) is 4.29. The summed E-state index contributed by atoms with van der Waals surface area (Å²) in [4.78, 5) is 6.02. The van der Waals surface area contributed by atoms with Gasteiger partial charge in [-0.25, -0.2) is 9.37 Å². The molecule has 1 heterocycles. The molecule has 0 unspecified atom stereocenters. The minimum atomic E-state index is -0.251. The first-order chi connectivity index (χ1) is 9.76. The molecule has 3 nitrogen and oxygen atoms in total. The maximum absolute atomic E-state index is 12.8. The number of nitrogens with zero attached hydrogens (tertiary/aromatic N) is 1. The highest BCUT2D eigenvalue weighted by Crippen LogP contribution is 2.42. The molecule has 0 radical (unpaired) electrons. The summed E-state index contributed by atoms with van der Waals surface area (Å²) in [6, 6.07) is 6.08. The minimum absolute atomic E-state index is 0.251. The smallest absolute Gasteiger partial charge is 0.140 e. The van der Waals surface area contributed by atoms with Crippen LogP contribution < -0.4 is 10.1 Å². The third kappa shape index (κ3) is 3.16. The molecule has 106 valence electrons. The van der Waals surface area contributed by atoms with Crippen molar-refractivity contribution in [3.05, 3.63) is 45.7 Å². The average Bonchev–Trinajstić information content (AvgIpc) is 3.21. The Balaban J connectivity index is 1.67. The van der Waals surface area contributed by atoms with E-state index in [9.17, 15) is 4.39 Å². The minimum Gasteiger partial charge on any atom is -0.486 e. The molecule has 20 heavy (non-hydrogen) atoms. The van der Waals surface area contributed by atoms with Crippen molar-refractivity contribution >= 4 is 11.3 Å². The Morgan fingerprint density at radius 3 is 2.75 bits per heavy atom. The summed E-state index contributed by atoms with van der Waals surface area (Å²) < 4.78 is 18.5. The van der Waals surface area contributed by atoms with Gasteiger partial charge < -0.3 is 10.1 Å². The normalized spacial score (nSPS) is 14.5. The first-order valence-electron chi connectivity index (χ1n) is 6.77. The van der Waals surface area contributed by atoms with Crippen LogP contribution in [0.3, 0.4) is 0 Å². The van der Waals surface area contributed by atoms with Crippen LogP contribution in [0.2, 0.25) is 0 Å². The number of ether oxygens (including phenoxy) is 1. The number of halogens is 1. The molecule has 1 aromatic heterocycles. The molecule has 2 aromatic rings. The number of aromatic nitrogens is 1. The standard InChI is InChI=1S/C15H17FN2OS/c1-17-8-13-15(10-2-3-10)18-14(20-13)9-19-12-6-4-11(16)5-7-12/h4-7,10,17H,2-3,8-9H2,1H3. The van der Waals surface area contributed by atoms with Crippen molar-refractivity contribution < 1.29 is 9.13 Å². The fraction of sp³-hybridized carbons (Fsp3) is 0.400. The summed E-state index contributed by atoms with van der Waals surface area (Å²) in [5.74, 6) is 1.07. The highest BCUT2D eigenvalue weighted by molar-refractivity contribution is 7.11. The van der Waals surface area contributed by atoms with Crippen molar-refractivity contribution in [3.63, 3.8) is 0 Å². The molecular formula is C15H17FN2OS. The highest BCUT2D eigenvalue weighted by Gasteiger charge is 2.29. The molecule has 1 aliphatic carbocycles. The Labute approximate surface area is 121 Å². The number of hydrogen-bond acceptors (Lipinski definition) is 4. The molecule has 1 N–H and O–H groups in total. The van der Waals surface area contributed by atoms with Crippen LogP contribution in [-0.2, 0) is 13.2 Å². The van der Waals surface area contributed by atoms with Gasteiger partial charge >= 0.3 is 0 Å². The molecule has 0 aliphatic heterocycles. The maximum atomic E-state index is 12.8. The zero-order valence-corrected chi connectivity index (χ0v) is 12.2. The van der Waals surface area contributed by atoms with E-state index in [0.717, 1.165) is 11.6 Å². The Kier molecular flexibility index (Phi) is 3.98. The number of nitrogens with one attached hydrogen (secondary N) is 1. The van der Waals surface area contributed by atoms with Crippen molar-refractivity contribution in [2.75, 3.05) is 7.05 Å². The molecule has 1 aromatic carbocycles. The molecule has 0 bridgehead atoms. The van der Waals surface area contributed by atoms with E-state index in [-0.39, 0.29) is 5.82 Å². The summed E-state index contributed by atoms with van der Waals surface area (Å²) in [7, 11) is 1.95. The van der Waals surface area contributed by atoms with Crippen LogP contribution in [-0.4, -0.2) is 12.0 Å². The van der Waals surface area contributed by atoms with Crippen molar-refractivity contribution in [1.82, 2.24) is 10.3 Å². The quantitative estimate of drug-likeness (QED) is 0.885. The summed E-state index contributed by atoms with van der Waals surface area (Å²) in [5, 5.41) is 4.18. The second-order valence-electron chi connectivity index (χ2n) is 4.96. The lowest BCUT2D eigenvalue weighted by Gasteiger charge is -2.03. The predicted octanol–water partition coefficient (Wildman–Crippen LogP) is 3.46. The number of benzene rings is 1. The van der Waals surface area contributed by atoms with Gasteiger partial charge in [0, 0.05) is 17.3 Å². The van der Waals surface area contributed by atoms with Gasteiger partial charge in [-0.2, -0.15) is 0 Å². The van der Waals surface area contributed by atoms with Crippen LogP contribution in [0.5, 0.6) is 5.75 Å². The van der Waals surface area contributed by atoms with Crippen LogP contribution in [0.15, 0.2) is 24.3 Å². The van der Waals surface area contributed by atoms with E-state index in [1.54, 1.807) is 23.5 Å². The van der Waals surface area contributed by atoms with Crippen LogP contribution in [0, 0.1) is 5.82 Å². The van der Waals surface area contributed by atoms with Gasteiger partial charge in [0.05, 0.1) is 5.69 Å². The van der Waals surface area contributed by atoms with Crippen molar-refractivity contribution in [2.24, 2.45) is 0 Å². The van der Waals surface area contributed by atoms with Crippen LogP contribution in [0.1, 0.15) is 34.3 Å². The van der Waals surface area contributed by atoms with Gasteiger partial charge in [0.1, 0.15) is 23.2 Å². The third-order valence-electron chi connectivity index (χ3n) is 3.25. The Hall–Kier alpha value is -1.46. The fourth-order valence-electron chi connectivity index (χ4n) is 2.11. The van der Waals surface area contributed by atoms with E-state index in [4.69, 9.17) is 9.72 Å². The van der Waals surface area contributed by atoms with Gasteiger partial charge in [0.15, 0.2) is 0 Å². The van der Waals surface area contributed by atoms with Gasteiger partial charge in [-0.05, 0) is 44.2 Å². The lowest BCUT2D eigenvalue weighted by molar-refractivity contribution is 0.305. The fourth-order valence-corrected chi connectivity index (χ4v) is 3.19. The van der Waals surface area contributed by atoms with Gasteiger partial charge in [-0.15, -0.1) is 11.3 Å². The largest absolute Gasteiger partial charge is 0.486 e. The van der Waals surface area contributed by atoms with Gasteiger partial charge in [0.2, 0.25) is 0 Å². The SMILES string of the molecule is CNCc1sc(COc2ccc(F)cc2)nc1C1CC1. The Morgan fingerprint density at radius 1 is 1.35 bits per heavy atom. The van der Waals surface area contributed by atoms with Crippen molar-refractivity contribution in [1.29, 1.82) is 0 Å². The molecule has 5 heteroatoms. The van der Waals surface area contributed by atoms with E-state index < -0.39 is 0 Å². The number of rotatable bonds is 6. The van der Waals surface area contributed by atoms with E-state index in [0.29, 0.717) is 18.3 Å². The second kappa shape index (κ2) is 5.89. The summed E-state index contributed by atoms with van der Waals surface area (Å²) in [6.45, 7) is 1.31. The lowest BCUT2D eigenvalue weighted by Crippen LogP contribution is -2.05. The molecular weight excluding hydrogens is 275 g/mol. The highest BCUT2D eigenvalue weighted by atomic mass is 32.1. The first kappa shape index (κ1) is 13.5. The summed E-state index contributed by atoms with van der Waals surface area (Å²) in [5.41, 5.74) is 1.24. The zero-order valence-electron chi connectivity index (χ0n) is 11.4. The molecule has 0 amide bonds. The van der Waals surface area contributed by atoms with Gasteiger partial charge in [-0.3, -0.25) is 0 Å². The monoisotopic (exact) mass is 292 g/mol. The molecule has 0 spiro atoms. The average molecular weight is 292 g/mol. The van der Waals surface area contributed by atoms with E-state index >= 15 is 0 Å². The second-order valence-corrected chi connectivity index (χ2v) is 6.13. The van der Waals surface area contributed by atoms with Crippen LogP contribution in [0.25, 0.3) is 0 Å². The molecule has 3 rings (SSSR count). The first-order valence-corrected chi connectivity index (χ1v) is 7.59. The topological polar surface area (TPSA) is 34.1 Å². The van der Waals surface area contributed by atoms with Crippen molar-refractivity contribution in [2.45, 2.75) is 31.9 Å². The predicted molar refractivity (Wildman–Crippen MR) is 77.6 cm³/mol. The number of thiazole rings is 1. The molecule has 0 atom stereocenters. The van der Waals surface area contributed by atoms with Crippen molar-refractivity contribution in [3.8, 4) is 5.75 Å². The van der Waals surface area contributed by atoms with E-state index in [2.05, 4.69) is 5.32 Å². The van der Waals surface area contributed by atoms with Crippen LogP contribution in [0.4, 0.5) is 4.39 Å². The van der Waals surface area contributed by atoms with E-state index in [1.165, 1.54) is 35.5 Å². The Bertz CT molecular complexity index is 578. The summed E-state index contributed by atoms with van der Waals surface area (Å²) in [6.07, 6.45) is 2.50. The zero-order chi connectivity index (χ0) is 13.9. The van der Waals surface area contributed by atoms with Crippen LogP contribution >= 0.6 is 11.3 Å². The molecule has 0 saturated heterocycles. The molecule has 1 aliphatic rings.